The quantitative estimate of drug-likeness (QED) is 0.387. The first kappa shape index (κ1) is 18.7. The SMILES string of the molecule is COc1ccc(/C=C\c2cc(-c3ccccc3)cc(-c3ccccc3)[n+]2C)cc1. The number of hydrogen-bond acceptors (Lipinski definition) is 1. The van der Waals surface area contributed by atoms with Gasteiger partial charge in [0, 0.05) is 23.8 Å². The summed E-state index contributed by atoms with van der Waals surface area (Å²) in [7, 11) is 3.80. The highest BCUT2D eigenvalue weighted by atomic mass is 16.5. The summed E-state index contributed by atoms with van der Waals surface area (Å²) in [5.74, 6) is 0.866. The van der Waals surface area contributed by atoms with E-state index in [-0.39, 0.29) is 0 Å². The molecule has 1 heterocycles. The third-order valence-electron chi connectivity index (χ3n) is 5.08. The molecular weight excluding hydrogens is 354 g/mol. The lowest BCUT2D eigenvalue weighted by atomic mass is 10.0. The molecule has 0 amide bonds. The van der Waals surface area contributed by atoms with E-state index in [1.165, 1.54) is 22.4 Å². The maximum Gasteiger partial charge on any atom is 0.213 e. The molecule has 0 spiro atoms. The van der Waals surface area contributed by atoms with Gasteiger partial charge in [0.25, 0.3) is 0 Å². The van der Waals surface area contributed by atoms with E-state index in [1.54, 1.807) is 7.11 Å². The summed E-state index contributed by atoms with van der Waals surface area (Å²) in [6, 6.07) is 33.6. The lowest BCUT2D eigenvalue weighted by Gasteiger charge is -2.08. The number of ether oxygens (including phenoxy) is 1. The second kappa shape index (κ2) is 8.57. The van der Waals surface area contributed by atoms with Crippen molar-refractivity contribution in [2.45, 2.75) is 0 Å². The fourth-order valence-corrected chi connectivity index (χ4v) is 3.42. The number of hydrogen-bond donors (Lipinski definition) is 0. The van der Waals surface area contributed by atoms with Gasteiger partial charge in [0.05, 0.1) is 7.11 Å². The molecule has 29 heavy (non-hydrogen) atoms. The smallest absolute Gasteiger partial charge is 0.213 e. The van der Waals surface area contributed by atoms with Gasteiger partial charge in [-0.15, -0.1) is 0 Å². The van der Waals surface area contributed by atoms with Crippen molar-refractivity contribution in [1.82, 2.24) is 0 Å². The Morgan fingerprint density at radius 3 is 1.90 bits per heavy atom. The zero-order valence-corrected chi connectivity index (χ0v) is 16.7. The Bertz CT molecular complexity index is 1110. The molecule has 0 fully saturated rings. The van der Waals surface area contributed by atoms with Gasteiger partial charge in [0.1, 0.15) is 12.8 Å². The van der Waals surface area contributed by atoms with E-state index in [4.69, 9.17) is 4.74 Å². The van der Waals surface area contributed by atoms with Crippen molar-refractivity contribution < 1.29 is 9.30 Å². The Morgan fingerprint density at radius 2 is 1.28 bits per heavy atom. The molecule has 1 aromatic heterocycles. The summed E-state index contributed by atoms with van der Waals surface area (Å²) < 4.78 is 7.49. The zero-order valence-electron chi connectivity index (χ0n) is 16.7. The molecule has 0 N–H and O–H groups in total. The number of benzene rings is 3. The summed E-state index contributed by atoms with van der Waals surface area (Å²) in [5.41, 5.74) is 7.08. The Labute approximate surface area is 172 Å². The van der Waals surface area contributed by atoms with Crippen LogP contribution in [-0.2, 0) is 7.05 Å². The Hall–Kier alpha value is -3.65. The number of pyridine rings is 1. The molecule has 2 nitrogen and oxygen atoms in total. The van der Waals surface area contributed by atoms with E-state index >= 15 is 0 Å². The minimum absolute atomic E-state index is 0.866. The van der Waals surface area contributed by atoms with Gasteiger partial charge >= 0.3 is 0 Å². The Balaban J connectivity index is 1.80. The molecule has 0 bridgehead atoms. The van der Waals surface area contributed by atoms with Gasteiger partial charge in [-0.05, 0) is 47.0 Å². The van der Waals surface area contributed by atoms with Crippen LogP contribution in [0, 0.1) is 0 Å². The van der Waals surface area contributed by atoms with Crippen LogP contribution in [0.1, 0.15) is 11.3 Å². The highest BCUT2D eigenvalue weighted by Gasteiger charge is 2.16. The van der Waals surface area contributed by atoms with Crippen molar-refractivity contribution in [3.05, 3.63) is 108 Å². The van der Waals surface area contributed by atoms with Crippen molar-refractivity contribution in [2.24, 2.45) is 7.05 Å². The molecule has 0 radical (unpaired) electrons. The summed E-state index contributed by atoms with van der Waals surface area (Å²) in [5, 5.41) is 0. The van der Waals surface area contributed by atoms with E-state index in [2.05, 4.69) is 109 Å². The van der Waals surface area contributed by atoms with Crippen LogP contribution in [0.2, 0.25) is 0 Å². The van der Waals surface area contributed by atoms with E-state index in [9.17, 15) is 0 Å². The zero-order chi connectivity index (χ0) is 20.1. The minimum atomic E-state index is 0.866. The molecule has 3 aromatic carbocycles. The second-order valence-electron chi connectivity index (χ2n) is 6.95. The predicted molar refractivity (Wildman–Crippen MR) is 120 cm³/mol. The van der Waals surface area contributed by atoms with Crippen LogP contribution in [0.3, 0.4) is 0 Å². The molecule has 0 atom stereocenters. The van der Waals surface area contributed by atoms with Gasteiger partial charge in [0.15, 0.2) is 0 Å². The van der Waals surface area contributed by atoms with Crippen molar-refractivity contribution in [1.29, 1.82) is 0 Å². The first-order valence-corrected chi connectivity index (χ1v) is 9.71. The molecule has 4 rings (SSSR count). The summed E-state index contributed by atoms with van der Waals surface area (Å²) in [6.07, 6.45) is 4.30. The standard InChI is InChI=1S/C27H24NO/c1-28-25(16-13-21-14-17-26(29-2)18-15-21)19-24(22-9-5-3-6-10-22)20-27(28)23-11-7-4-8-12-23/h3-20H,1-2H3/q+1/b16-13-. The van der Waals surface area contributed by atoms with E-state index in [0.717, 1.165) is 17.0 Å². The first-order chi connectivity index (χ1) is 14.2. The maximum atomic E-state index is 5.25. The van der Waals surface area contributed by atoms with Crippen LogP contribution in [-0.4, -0.2) is 7.11 Å². The number of rotatable bonds is 5. The predicted octanol–water partition coefficient (Wildman–Crippen LogP) is 6.02. The van der Waals surface area contributed by atoms with Crippen LogP contribution in [0.4, 0.5) is 0 Å². The molecular formula is C27H24NO+. The highest BCUT2D eigenvalue weighted by Crippen LogP contribution is 2.25. The molecule has 4 aromatic rings. The fraction of sp³-hybridized carbons (Fsp3) is 0.0741. The van der Waals surface area contributed by atoms with Gasteiger partial charge < -0.3 is 4.74 Å². The third-order valence-corrected chi connectivity index (χ3v) is 5.08. The average molecular weight is 378 g/mol. The fourth-order valence-electron chi connectivity index (χ4n) is 3.42. The van der Waals surface area contributed by atoms with Crippen LogP contribution in [0.25, 0.3) is 34.5 Å². The van der Waals surface area contributed by atoms with Crippen molar-refractivity contribution in [3.63, 3.8) is 0 Å². The van der Waals surface area contributed by atoms with Gasteiger partial charge in [-0.1, -0.05) is 60.7 Å². The Kier molecular flexibility index (Phi) is 5.53. The summed E-state index contributed by atoms with van der Waals surface area (Å²) in [4.78, 5) is 0. The molecule has 0 aliphatic heterocycles. The second-order valence-corrected chi connectivity index (χ2v) is 6.95. The van der Waals surface area contributed by atoms with Gasteiger partial charge in [-0.2, -0.15) is 4.57 Å². The number of nitrogens with zero attached hydrogens (tertiary/aromatic N) is 1. The molecule has 0 unspecified atom stereocenters. The minimum Gasteiger partial charge on any atom is -0.497 e. The van der Waals surface area contributed by atoms with Gasteiger partial charge in [-0.3, -0.25) is 0 Å². The highest BCUT2D eigenvalue weighted by molar-refractivity contribution is 5.74. The van der Waals surface area contributed by atoms with Crippen molar-refractivity contribution in [3.8, 4) is 28.1 Å². The lowest BCUT2D eigenvalue weighted by Crippen LogP contribution is -2.34. The summed E-state index contributed by atoms with van der Waals surface area (Å²) >= 11 is 0. The number of methoxy groups -OCH3 is 1. The van der Waals surface area contributed by atoms with E-state index < -0.39 is 0 Å². The Morgan fingerprint density at radius 1 is 0.655 bits per heavy atom. The van der Waals surface area contributed by atoms with Crippen LogP contribution in [0.5, 0.6) is 5.75 Å². The van der Waals surface area contributed by atoms with Crippen LogP contribution >= 0.6 is 0 Å². The van der Waals surface area contributed by atoms with Crippen LogP contribution < -0.4 is 9.30 Å². The van der Waals surface area contributed by atoms with E-state index in [0.29, 0.717) is 0 Å². The summed E-state index contributed by atoms with van der Waals surface area (Å²) in [6.45, 7) is 0. The molecule has 2 heteroatoms. The maximum absolute atomic E-state index is 5.25. The lowest BCUT2D eigenvalue weighted by molar-refractivity contribution is -0.662. The average Bonchev–Trinajstić information content (AvgIpc) is 2.80. The van der Waals surface area contributed by atoms with Crippen molar-refractivity contribution >= 4 is 12.2 Å². The molecule has 0 saturated heterocycles. The van der Waals surface area contributed by atoms with Gasteiger partial charge in [0.2, 0.25) is 11.4 Å². The monoisotopic (exact) mass is 378 g/mol. The molecule has 0 saturated carbocycles. The van der Waals surface area contributed by atoms with E-state index in [1.807, 2.05) is 12.1 Å². The molecule has 0 aliphatic rings. The van der Waals surface area contributed by atoms with Crippen LogP contribution in [0.15, 0.2) is 97.1 Å². The van der Waals surface area contributed by atoms with Gasteiger partial charge in [-0.25, -0.2) is 0 Å². The van der Waals surface area contributed by atoms with Crippen molar-refractivity contribution in [2.75, 3.05) is 7.11 Å². The first-order valence-electron chi connectivity index (χ1n) is 9.71. The molecule has 0 aliphatic carbocycles. The normalized spacial score (nSPS) is 11.0. The molecule has 142 valence electrons. The largest absolute Gasteiger partial charge is 0.497 e. The third kappa shape index (κ3) is 4.27. The number of aromatic nitrogens is 1. The topological polar surface area (TPSA) is 13.1 Å².